The summed E-state index contributed by atoms with van der Waals surface area (Å²) in [5.74, 6) is 0.822. The molecule has 0 bridgehead atoms. The van der Waals surface area contributed by atoms with Crippen molar-refractivity contribution in [3.05, 3.63) is 75.0 Å². The maximum Gasteiger partial charge on any atom is 0.287 e. The van der Waals surface area contributed by atoms with Gasteiger partial charge in [-0.3, -0.25) is 9.69 Å². The molecule has 1 aliphatic heterocycles. The van der Waals surface area contributed by atoms with E-state index in [1.165, 1.54) is 4.68 Å². The Morgan fingerprint density at radius 1 is 1.11 bits per heavy atom. The average molecular weight is 400 g/mol. The highest BCUT2D eigenvalue weighted by Gasteiger charge is 2.22. The number of hydrogen-bond acceptors (Lipinski definition) is 6. The zero-order valence-corrected chi connectivity index (χ0v) is 16.5. The number of benzene rings is 1. The standard InChI is InChI=1S/C20H22ClN5O2/c1-15-11-17(23-28-15)14-24-7-9-25(10-8-24)18-12-22-26(20(27)19(18)21)13-16-5-3-2-4-6-16/h2-6,11-12H,7-10,13-14H2,1H3. The van der Waals surface area contributed by atoms with Crippen LogP contribution < -0.4 is 10.5 Å². The van der Waals surface area contributed by atoms with Crippen LogP contribution in [0.2, 0.25) is 5.02 Å². The van der Waals surface area contributed by atoms with Crippen molar-refractivity contribution in [3.8, 4) is 0 Å². The van der Waals surface area contributed by atoms with E-state index >= 15 is 0 Å². The Hall–Kier alpha value is -2.64. The SMILES string of the molecule is Cc1cc(CN2CCN(c3cnn(Cc4ccccc4)c(=O)c3Cl)CC2)no1. The lowest BCUT2D eigenvalue weighted by Gasteiger charge is -2.35. The number of piperazine rings is 1. The third-order valence-electron chi connectivity index (χ3n) is 4.92. The van der Waals surface area contributed by atoms with E-state index in [1.807, 2.05) is 43.3 Å². The summed E-state index contributed by atoms with van der Waals surface area (Å²) < 4.78 is 6.54. The van der Waals surface area contributed by atoms with Crippen LogP contribution in [0.5, 0.6) is 0 Å². The van der Waals surface area contributed by atoms with Crippen molar-refractivity contribution in [2.75, 3.05) is 31.1 Å². The van der Waals surface area contributed by atoms with Crippen molar-refractivity contribution in [2.45, 2.75) is 20.0 Å². The van der Waals surface area contributed by atoms with E-state index in [0.29, 0.717) is 12.2 Å². The van der Waals surface area contributed by atoms with Gasteiger partial charge < -0.3 is 9.42 Å². The van der Waals surface area contributed by atoms with E-state index in [9.17, 15) is 4.79 Å². The van der Waals surface area contributed by atoms with Crippen molar-refractivity contribution in [2.24, 2.45) is 0 Å². The van der Waals surface area contributed by atoms with Gasteiger partial charge in [-0.05, 0) is 12.5 Å². The maximum atomic E-state index is 12.7. The minimum absolute atomic E-state index is 0.228. The van der Waals surface area contributed by atoms with Crippen molar-refractivity contribution < 1.29 is 4.52 Å². The monoisotopic (exact) mass is 399 g/mol. The molecule has 8 heteroatoms. The summed E-state index contributed by atoms with van der Waals surface area (Å²) in [6.45, 7) is 6.33. The Labute approximate surface area is 168 Å². The molecule has 1 aliphatic rings. The fourth-order valence-corrected chi connectivity index (χ4v) is 3.68. The second-order valence-electron chi connectivity index (χ2n) is 6.98. The number of hydrogen-bond donors (Lipinski definition) is 0. The molecule has 7 nitrogen and oxygen atoms in total. The zero-order valence-electron chi connectivity index (χ0n) is 15.7. The third-order valence-corrected chi connectivity index (χ3v) is 5.27. The zero-order chi connectivity index (χ0) is 19.5. The molecule has 1 aromatic carbocycles. The molecule has 1 saturated heterocycles. The van der Waals surface area contributed by atoms with Crippen molar-refractivity contribution in [1.29, 1.82) is 0 Å². The molecule has 4 rings (SSSR count). The molecular formula is C20H22ClN5O2. The lowest BCUT2D eigenvalue weighted by Crippen LogP contribution is -2.46. The predicted octanol–water partition coefficient (Wildman–Crippen LogP) is 2.56. The first-order valence-electron chi connectivity index (χ1n) is 9.29. The predicted molar refractivity (Wildman–Crippen MR) is 108 cm³/mol. The molecule has 0 amide bonds. The Balaban J connectivity index is 1.42. The van der Waals surface area contributed by atoms with Crippen molar-refractivity contribution in [1.82, 2.24) is 19.8 Å². The topological polar surface area (TPSA) is 67.4 Å². The summed E-state index contributed by atoms with van der Waals surface area (Å²) in [4.78, 5) is 17.1. The number of halogens is 1. The molecule has 0 spiro atoms. The smallest absolute Gasteiger partial charge is 0.287 e. The van der Waals surface area contributed by atoms with Gasteiger partial charge in [0, 0.05) is 38.8 Å². The molecule has 0 atom stereocenters. The van der Waals surface area contributed by atoms with Gasteiger partial charge in [0.2, 0.25) is 0 Å². The van der Waals surface area contributed by atoms with E-state index in [2.05, 4.69) is 20.1 Å². The van der Waals surface area contributed by atoms with Gasteiger partial charge in [-0.25, -0.2) is 4.68 Å². The summed E-state index contributed by atoms with van der Waals surface area (Å²) in [6.07, 6.45) is 1.70. The van der Waals surface area contributed by atoms with Crippen LogP contribution in [0.3, 0.4) is 0 Å². The minimum atomic E-state index is -0.261. The lowest BCUT2D eigenvalue weighted by atomic mass is 10.2. The minimum Gasteiger partial charge on any atom is -0.366 e. The second kappa shape index (κ2) is 8.16. The van der Waals surface area contributed by atoms with Crippen LogP contribution in [0, 0.1) is 6.92 Å². The molecule has 0 radical (unpaired) electrons. The second-order valence-corrected chi connectivity index (χ2v) is 7.36. The number of aryl methyl sites for hydroxylation is 1. The molecule has 2 aromatic heterocycles. The molecule has 0 saturated carbocycles. The highest BCUT2D eigenvalue weighted by atomic mass is 35.5. The number of aromatic nitrogens is 3. The summed E-state index contributed by atoms with van der Waals surface area (Å²) in [5.41, 5.74) is 2.39. The molecule has 28 heavy (non-hydrogen) atoms. The Bertz CT molecular complexity index is 993. The first-order valence-corrected chi connectivity index (χ1v) is 9.67. The van der Waals surface area contributed by atoms with Gasteiger partial charge in [0.1, 0.15) is 10.8 Å². The summed E-state index contributed by atoms with van der Waals surface area (Å²) in [7, 11) is 0. The Morgan fingerprint density at radius 2 is 1.86 bits per heavy atom. The van der Waals surface area contributed by atoms with Crippen molar-refractivity contribution >= 4 is 17.3 Å². The molecule has 0 unspecified atom stereocenters. The van der Waals surface area contributed by atoms with Gasteiger partial charge >= 0.3 is 0 Å². The molecule has 0 aliphatic carbocycles. The van der Waals surface area contributed by atoms with E-state index in [4.69, 9.17) is 16.1 Å². The van der Waals surface area contributed by atoms with Crippen LogP contribution in [-0.2, 0) is 13.1 Å². The summed E-state index contributed by atoms with van der Waals surface area (Å²) in [5, 5.41) is 8.62. The highest BCUT2D eigenvalue weighted by molar-refractivity contribution is 6.33. The molecule has 3 heterocycles. The van der Waals surface area contributed by atoms with E-state index < -0.39 is 0 Å². The van der Waals surface area contributed by atoms with Gasteiger partial charge in [0.15, 0.2) is 0 Å². The molecule has 3 aromatic rings. The Kier molecular flexibility index (Phi) is 5.45. The van der Waals surface area contributed by atoms with Crippen molar-refractivity contribution in [3.63, 3.8) is 0 Å². The quantitative estimate of drug-likeness (QED) is 0.656. The third kappa shape index (κ3) is 4.10. The number of nitrogens with zero attached hydrogens (tertiary/aromatic N) is 5. The van der Waals surface area contributed by atoms with E-state index in [-0.39, 0.29) is 10.6 Å². The fraction of sp³-hybridized carbons (Fsp3) is 0.350. The Morgan fingerprint density at radius 3 is 2.54 bits per heavy atom. The van der Waals surface area contributed by atoms with Crippen LogP contribution in [0.25, 0.3) is 0 Å². The van der Waals surface area contributed by atoms with Crippen LogP contribution in [0.15, 0.2) is 51.9 Å². The number of anilines is 1. The van der Waals surface area contributed by atoms with E-state index in [1.54, 1.807) is 6.20 Å². The summed E-state index contributed by atoms with van der Waals surface area (Å²) >= 11 is 6.42. The molecule has 146 valence electrons. The van der Waals surface area contributed by atoms with Crippen LogP contribution in [-0.4, -0.2) is 46.0 Å². The van der Waals surface area contributed by atoms with Gasteiger partial charge in [-0.2, -0.15) is 5.10 Å². The lowest BCUT2D eigenvalue weighted by molar-refractivity contribution is 0.241. The van der Waals surface area contributed by atoms with Gasteiger partial charge in [0.05, 0.1) is 24.1 Å². The van der Waals surface area contributed by atoms with Gasteiger partial charge in [-0.1, -0.05) is 47.1 Å². The van der Waals surface area contributed by atoms with Crippen LogP contribution in [0.4, 0.5) is 5.69 Å². The van der Waals surface area contributed by atoms with Crippen LogP contribution >= 0.6 is 11.6 Å². The summed E-state index contributed by atoms with van der Waals surface area (Å²) in [6, 6.07) is 11.7. The fourth-order valence-electron chi connectivity index (χ4n) is 3.41. The van der Waals surface area contributed by atoms with Crippen LogP contribution in [0.1, 0.15) is 17.0 Å². The first kappa shape index (κ1) is 18.7. The molecule has 0 N–H and O–H groups in total. The largest absolute Gasteiger partial charge is 0.366 e. The first-order chi connectivity index (χ1) is 13.6. The van der Waals surface area contributed by atoms with Gasteiger partial charge in [0.25, 0.3) is 5.56 Å². The number of rotatable bonds is 5. The average Bonchev–Trinajstić information content (AvgIpc) is 3.12. The highest BCUT2D eigenvalue weighted by Crippen LogP contribution is 2.23. The maximum absolute atomic E-state index is 12.7. The molecular weight excluding hydrogens is 378 g/mol. The normalized spacial score (nSPS) is 15.1. The van der Waals surface area contributed by atoms with Gasteiger partial charge in [-0.15, -0.1) is 0 Å². The van der Waals surface area contributed by atoms with E-state index in [0.717, 1.165) is 49.7 Å². The molecule has 1 fully saturated rings.